The van der Waals surface area contributed by atoms with E-state index in [0.717, 1.165) is 13.2 Å². The van der Waals surface area contributed by atoms with E-state index in [2.05, 4.69) is 4.74 Å². The van der Waals surface area contributed by atoms with Crippen molar-refractivity contribution in [3.8, 4) is 0 Å². The highest BCUT2D eigenvalue weighted by Gasteiger charge is 2.52. The average Bonchev–Trinajstić information content (AvgIpc) is 2.51. The van der Waals surface area contributed by atoms with Gasteiger partial charge in [-0.1, -0.05) is 11.6 Å². The van der Waals surface area contributed by atoms with Crippen LogP contribution in [0.1, 0.15) is 16.8 Å². The van der Waals surface area contributed by atoms with Crippen molar-refractivity contribution in [2.24, 2.45) is 5.84 Å². The lowest BCUT2D eigenvalue weighted by atomic mass is 10.1. The molecular formula is C13H10ClF4N3O4. The molecule has 136 valence electrons. The number of urea groups is 1. The lowest BCUT2D eigenvalue weighted by molar-refractivity contribution is -0.182. The summed E-state index contributed by atoms with van der Waals surface area (Å²) < 4.78 is 57.0. The molecule has 1 aromatic carbocycles. The quantitative estimate of drug-likeness (QED) is 0.366. The zero-order valence-corrected chi connectivity index (χ0v) is 13.2. The largest absolute Gasteiger partial charge is 0.465 e. The van der Waals surface area contributed by atoms with Crippen LogP contribution in [0.15, 0.2) is 12.1 Å². The summed E-state index contributed by atoms with van der Waals surface area (Å²) in [5.74, 6) is 1.58. The topological polar surface area (TPSA) is 92.9 Å². The third-order valence-electron chi connectivity index (χ3n) is 3.43. The molecule has 2 N–H and O–H groups in total. The van der Waals surface area contributed by atoms with E-state index in [-0.39, 0.29) is 20.5 Å². The number of alkyl halides is 3. The van der Waals surface area contributed by atoms with Gasteiger partial charge in [0.25, 0.3) is 0 Å². The minimum Gasteiger partial charge on any atom is -0.465 e. The summed E-state index contributed by atoms with van der Waals surface area (Å²) in [4.78, 5) is 35.8. The summed E-state index contributed by atoms with van der Waals surface area (Å²) in [6.45, 7) is 0. The maximum atomic E-state index is 14.1. The summed E-state index contributed by atoms with van der Waals surface area (Å²) >= 11 is 5.69. The van der Waals surface area contributed by atoms with Gasteiger partial charge >= 0.3 is 18.2 Å². The molecule has 1 atom stereocenters. The Morgan fingerprint density at radius 1 is 1.36 bits per heavy atom. The second-order valence-electron chi connectivity index (χ2n) is 4.96. The minimum absolute atomic E-state index is 0.111. The van der Waals surface area contributed by atoms with Crippen molar-refractivity contribution in [1.82, 2.24) is 5.01 Å². The number of methoxy groups -OCH3 is 1. The van der Waals surface area contributed by atoms with Crippen LogP contribution in [0.4, 0.5) is 28.0 Å². The van der Waals surface area contributed by atoms with Crippen molar-refractivity contribution in [3.63, 3.8) is 0 Å². The smallest absolute Gasteiger partial charge is 0.410 e. The number of nitrogens with zero attached hydrogens (tertiary/aromatic N) is 2. The molecule has 1 saturated heterocycles. The molecule has 0 radical (unpaired) electrons. The number of carbonyl (C=O) groups is 3. The van der Waals surface area contributed by atoms with Crippen LogP contribution in [-0.2, 0) is 9.53 Å². The van der Waals surface area contributed by atoms with E-state index in [0.29, 0.717) is 6.07 Å². The standard InChI is InChI=1S/C13H10ClF4N3O4/c1-25-11(23)5-2-8(7(15)3-6(5)14)20-10(22)4-9(13(16,17)18)21(19)12(20)24/h2-3,9H,4,19H2,1H3. The van der Waals surface area contributed by atoms with Crippen molar-refractivity contribution >= 4 is 35.2 Å². The number of esters is 1. The number of hydrogen-bond donors (Lipinski definition) is 1. The minimum atomic E-state index is -4.94. The van der Waals surface area contributed by atoms with Crippen LogP contribution in [0.3, 0.4) is 0 Å². The number of hydrogen-bond acceptors (Lipinski definition) is 5. The Morgan fingerprint density at radius 2 is 1.96 bits per heavy atom. The van der Waals surface area contributed by atoms with Crippen LogP contribution < -0.4 is 10.7 Å². The highest BCUT2D eigenvalue weighted by Crippen LogP contribution is 2.34. The van der Waals surface area contributed by atoms with Crippen molar-refractivity contribution in [2.45, 2.75) is 18.6 Å². The fourth-order valence-corrected chi connectivity index (χ4v) is 2.42. The van der Waals surface area contributed by atoms with E-state index >= 15 is 0 Å². The first-order valence-corrected chi connectivity index (χ1v) is 6.91. The third-order valence-corrected chi connectivity index (χ3v) is 3.74. The summed E-state index contributed by atoms with van der Waals surface area (Å²) in [6.07, 6.45) is -6.15. The number of rotatable bonds is 2. The predicted molar refractivity (Wildman–Crippen MR) is 76.1 cm³/mol. The molecule has 1 fully saturated rings. The molecule has 7 nitrogen and oxygen atoms in total. The van der Waals surface area contributed by atoms with Crippen LogP contribution in [0.25, 0.3) is 0 Å². The van der Waals surface area contributed by atoms with Crippen molar-refractivity contribution in [3.05, 3.63) is 28.5 Å². The molecule has 0 saturated carbocycles. The van der Waals surface area contributed by atoms with Gasteiger partial charge in [-0.25, -0.2) is 29.7 Å². The maximum absolute atomic E-state index is 14.1. The fourth-order valence-electron chi connectivity index (χ4n) is 2.20. The first kappa shape index (κ1) is 18.9. The molecular weight excluding hydrogens is 374 g/mol. The van der Waals surface area contributed by atoms with Gasteiger partial charge in [-0.3, -0.25) is 4.79 Å². The second-order valence-corrected chi connectivity index (χ2v) is 5.36. The van der Waals surface area contributed by atoms with Gasteiger partial charge in [-0.05, 0) is 12.1 Å². The highest BCUT2D eigenvalue weighted by atomic mass is 35.5. The monoisotopic (exact) mass is 383 g/mol. The van der Waals surface area contributed by atoms with Gasteiger partial charge in [0.1, 0.15) is 5.82 Å². The van der Waals surface area contributed by atoms with Crippen LogP contribution >= 0.6 is 11.6 Å². The average molecular weight is 384 g/mol. The number of imide groups is 1. The SMILES string of the molecule is COC(=O)c1cc(N2C(=O)CC(C(F)(F)F)N(N)C2=O)c(F)cc1Cl. The van der Waals surface area contributed by atoms with Crippen LogP contribution in [0, 0.1) is 5.82 Å². The Morgan fingerprint density at radius 3 is 2.48 bits per heavy atom. The van der Waals surface area contributed by atoms with E-state index in [9.17, 15) is 31.9 Å². The summed E-state index contributed by atoms with van der Waals surface area (Å²) in [6, 6.07) is -2.80. The van der Waals surface area contributed by atoms with Gasteiger partial charge in [0, 0.05) is 0 Å². The summed E-state index contributed by atoms with van der Waals surface area (Å²) in [5.41, 5.74) is -1.15. The van der Waals surface area contributed by atoms with Gasteiger partial charge in [-0.15, -0.1) is 0 Å². The number of halogens is 5. The Balaban J connectivity index is 2.50. The van der Waals surface area contributed by atoms with Crippen LogP contribution in [0.5, 0.6) is 0 Å². The van der Waals surface area contributed by atoms with Crippen LogP contribution in [-0.4, -0.2) is 42.2 Å². The molecule has 1 unspecified atom stereocenters. The molecule has 0 spiro atoms. The number of hydrazine groups is 1. The fraction of sp³-hybridized carbons (Fsp3) is 0.308. The highest BCUT2D eigenvalue weighted by molar-refractivity contribution is 6.34. The number of amides is 3. The summed E-state index contributed by atoms with van der Waals surface area (Å²) in [5, 5.41) is -0.587. The Hall–Kier alpha value is -2.40. The molecule has 1 aliphatic heterocycles. The molecule has 3 amide bonds. The van der Waals surface area contributed by atoms with Crippen molar-refractivity contribution in [1.29, 1.82) is 0 Å². The number of nitrogens with two attached hydrogens (primary N) is 1. The molecule has 25 heavy (non-hydrogen) atoms. The third kappa shape index (κ3) is 3.37. The molecule has 1 aromatic rings. The lowest BCUT2D eigenvalue weighted by Crippen LogP contribution is -2.64. The molecule has 0 aromatic heterocycles. The number of ether oxygens (including phenoxy) is 1. The van der Waals surface area contributed by atoms with Crippen molar-refractivity contribution < 1.29 is 36.7 Å². The van der Waals surface area contributed by atoms with Crippen molar-refractivity contribution in [2.75, 3.05) is 12.0 Å². The number of benzene rings is 1. The molecule has 1 aliphatic rings. The molecule has 0 bridgehead atoms. The second kappa shape index (κ2) is 6.48. The number of anilines is 1. The first-order valence-electron chi connectivity index (χ1n) is 6.54. The molecule has 1 heterocycles. The Bertz CT molecular complexity index is 756. The zero-order chi connectivity index (χ0) is 19.1. The molecule has 12 heteroatoms. The van der Waals surface area contributed by atoms with Gasteiger partial charge in [0.15, 0.2) is 6.04 Å². The number of carbonyl (C=O) groups excluding carboxylic acids is 3. The van der Waals surface area contributed by atoms with E-state index in [1.54, 1.807) is 0 Å². The van der Waals surface area contributed by atoms with Crippen LogP contribution in [0.2, 0.25) is 5.02 Å². The summed E-state index contributed by atoms with van der Waals surface area (Å²) in [7, 11) is 1.01. The van der Waals surface area contributed by atoms with E-state index in [1.165, 1.54) is 0 Å². The van der Waals surface area contributed by atoms with Gasteiger partial charge < -0.3 is 4.74 Å². The first-order chi connectivity index (χ1) is 11.5. The lowest BCUT2D eigenvalue weighted by Gasteiger charge is -2.37. The zero-order valence-electron chi connectivity index (χ0n) is 12.4. The van der Waals surface area contributed by atoms with E-state index < -0.39 is 48.1 Å². The van der Waals surface area contributed by atoms with E-state index in [4.69, 9.17) is 17.4 Å². The Labute approximate surface area is 142 Å². The van der Waals surface area contributed by atoms with Gasteiger partial charge in [0.05, 0.1) is 29.8 Å². The molecule has 0 aliphatic carbocycles. The maximum Gasteiger partial charge on any atom is 0.410 e. The molecule has 2 rings (SSSR count). The van der Waals surface area contributed by atoms with Gasteiger partial charge in [-0.2, -0.15) is 13.2 Å². The van der Waals surface area contributed by atoms with E-state index in [1.807, 2.05) is 0 Å². The Kier molecular flexibility index (Phi) is 4.91. The predicted octanol–water partition coefficient (Wildman–Crippen LogP) is 2.23. The normalized spacial score (nSPS) is 18.6. The van der Waals surface area contributed by atoms with Gasteiger partial charge in [0.2, 0.25) is 5.91 Å².